The highest BCUT2D eigenvalue weighted by Gasteiger charge is 2.19. The number of aryl methyl sites for hydroxylation is 1. The summed E-state index contributed by atoms with van der Waals surface area (Å²) >= 11 is 0. The van der Waals surface area contributed by atoms with Gasteiger partial charge in [0.1, 0.15) is 5.75 Å². The molecule has 0 saturated carbocycles. The molecule has 1 saturated heterocycles. The van der Waals surface area contributed by atoms with E-state index in [-0.39, 0.29) is 10.8 Å². The number of nitrogens with two attached hydrogens (primary N) is 1. The Balaban J connectivity index is 1.35. The summed E-state index contributed by atoms with van der Waals surface area (Å²) in [6.45, 7) is 5.38. The minimum Gasteiger partial charge on any atom is -0.494 e. The van der Waals surface area contributed by atoms with E-state index in [9.17, 15) is 13.2 Å². The van der Waals surface area contributed by atoms with E-state index < -0.39 is 10.0 Å². The first-order valence-electron chi connectivity index (χ1n) is 11.2. The van der Waals surface area contributed by atoms with Crippen LogP contribution in [0.1, 0.15) is 38.2 Å². The van der Waals surface area contributed by atoms with Crippen molar-refractivity contribution >= 4 is 21.6 Å². The summed E-state index contributed by atoms with van der Waals surface area (Å²) in [5, 5.41) is 7.90. The molecule has 3 N–H and O–H groups in total. The number of amides is 1. The first-order chi connectivity index (χ1) is 15.3. The molecule has 7 nitrogen and oxygen atoms in total. The summed E-state index contributed by atoms with van der Waals surface area (Å²) in [6, 6.07) is 14.4. The van der Waals surface area contributed by atoms with Crippen molar-refractivity contribution < 1.29 is 17.9 Å². The number of nitrogens with one attached hydrogen (secondary N) is 1. The fourth-order valence-corrected chi connectivity index (χ4v) is 4.58. The van der Waals surface area contributed by atoms with Crippen LogP contribution < -0.4 is 15.2 Å². The lowest BCUT2D eigenvalue weighted by Crippen LogP contribution is -2.35. The lowest BCUT2D eigenvalue weighted by molar-refractivity contribution is -0.116. The van der Waals surface area contributed by atoms with Crippen LogP contribution in [-0.2, 0) is 21.2 Å². The molecule has 3 rings (SSSR count). The minimum atomic E-state index is -3.79. The zero-order valence-electron chi connectivity index (χ0n) is 18.6. The second-order valence-corrected chi connectivity index (χ2v) is 9.83. The van der Waals surface area contributed by atoms with E-state index in [4.69, 9.17) is 9.88 Å². The summed E-state index contributed by atoms with van der Waals surface area (Å²) < 4.78 is 28.4. The molecule has 2 aromatic rings. The first-order valence-corrected chi connectivity index (χ1v) is 12.7. The van der Waals surface area contributed by atoms with E-state index in [1.807, 2.05) is 19.1 Å². The highest BCUT2D eigenvalue weighted by Crippen LogP contribution is 2.23. The number of sulfonamides is 1. The average molecular weight is 460 g/mol. The van der Waals surface area contributed by atoms with Gasteiger partial charge >= 0.3 is 0 Å². The quantitative estimate of drug-likeness (QED) is 0.567. The van der Waals surface area contributed by atoms with Crippen LogP contribution in [0.15, 0.2) is 53.4 Å². The van der Waals surface area contributed by atoms with Gasteiger partial charge in [0.05, 0.1) is 11.5 Å². The first kappa shape index (κ1) is 24.2. The van der Waals surface area contributed by atoms with Gasteiger partial charge in [-0.1, -0.05) is 18.2 Å². The molecule has 174 valence electrons. The van der Waals surface area contributed by atoms with Gasteiger partial charge in [0.2, 0.25) is 15.9 Å². The van der Waals surface area contributed by atoms with Gasteiger partial charge in [-0.15, -0.1) is 0 Å². The van der Waals surface area contributed by atoms with E-state index in [1.165, 1.54) is 24.1 Å². The number of nitrogens with zero attached hydrogens (tertiary/aromatic N) is 1. The van der Waals surface area contributed by atoms with Crippen molar-refractivity contribution in [3.05, 3.63) is 54.1 Å². The number of piperidine rings is 1. The number of carbonyl (C=O) groups is 1. The second kappa shape index (κ2) is 11.4. The predicted octanol–water partition coefficient (Wildman–Crippen LogP) is 3.41. The van der Waals surface area contributed by atoms with Crippen LogP contribution >= 0.6 is 0 Å². The number of ether oxygens (including phenoxy) is 1. The Kier molecular flexibility index (Phi) is 8.67. The Bertz CT molecular complexity index is 985. The number of rotatable bonds is 10. The van der Waals surface area contributed by atoms with Crippen LogP contribution in [0.3, 0.4) is 0 Å². The number of hydrogen-bond donors (Lipinski definition) is 2. The smallest absolute Gasteiger partial charge is 0.238 e. The van der Waals surface area contributed by atoms with E-state index >= 15 is 0 Å². The summed E-state index contributed by atoms with van der Waals surface area (Å²) in [6.07, 6.45) is 4.93. The third-order valence-corrected chi connectivity index (χ3v) is 6.80. The highest BCUT2D eigenvalue weighted by atomic mass is 32.2. The zero-order chi connectivity index (χ0) is 23.0. The van der Waals surface area contributed by atoms with Crippen LogP contribution in [0.25, 0.3) is 0 Å². The number of anilines is 1. The number of hydrogen-bond acceptors (Lipinski definition) is 5. The minimum absolute atomic E-state index is 0.0115. The van der Waals surface area contributed by atoms with E-state index in [0.29, 0.717) is 31.2 Å². The van der Waals surface area contributed by atoms with Crippen LogP contribution in [0.4, 0.5) is 5.69 Å². The number of carbonyl (C=O) groups excluding carboxylic acids is 1. The molecule has 0 bridgehead atoms. The van der Waals surface area contributed by atoms with E-state index in [2.05, 4.69) is 22.3 Å². The maximum absolute atomic E-state index is 12.3. The number of benzene rings is 2. The van der Waals surface area contributed by atoms with E-state index in [0.717, 1.165) is 38.1 Å². The van der Waals surface area contributed by atoms with Gasteiger partial charge < -0.3 is 15.0 Å². The largest absolute Gasteiger partial charge is 0.494 e. The lowest BCUT2D eigenvalue weighted by Gasteiger charge is -2.31. The van der Waals surface area contributed by atoms with Crippen molar-refractivity contribution in [3.8, 4) is 5.75 Å². The van der Waals surface area contributed by atoms with Crippen molar-refractivity contribution in [2.24, 2.45) is 11.1 Å². The van der Waals surface area contributed by atoms with Gasteiger partial charge in [0.15, 0.2) is 0 Å². The predicted molar refractivity (Wildman–Crippen MR) is 126 cm³/mol. The molecule has 32 heavy (non-hydrogen) atoms. The molecule has 0 spiro atoms. The molecule has 8 heteroatoms. The summed E-state index contributed by atoms with van der Waals surface area (Å²) in [4.78, 5) is 14.6. The van der Waals surface area contributed by atoms with Gasteiger partial charge in [0.25, 0.3) is 0 Å². The summed E-state index contributed by atoms with van der Waals surface area (Å²) in [5.41, 5.74) is 1.79. The molecule has 0 atom stereocenters. The van der Waals surface area contributed by atoms with Crippen molar-refractivity contribution in [3.63, 3.8) is 0 Å². The van der Waals surface area contributed by atoms with Gasteiger partial charge in [-0.2, -0.15) is 0 Å². The van der Waals surface area contributed by atoms with E-state index in [1.54, 1.807) is 12.1 Å². The molecule has 0 unspecified atom stereocenters. The van der Waals surface area contributed by atoms with Gasteiger partial charge in [-0.3, -0.25) is 4.79 Å². The maximum Gasteiger partial charge on any atom is 0.238 e. The van der Waals surface area contributed by atoms with Crippen molar-refractivity contribution in [2.75, 3.05) is 31.6 Å². The average Bonchev–Trinajstić information content (AvgIpc) is 2.78. The Labute approximate surface area is 191 Å². The Hall–Kier alpha value is -2.42. The third kappa shape index (κ3) is 7.62. The molecule has 0 aromatic heterocycles. The number of primary sulfonamides is 1. The maximum atomic E-state index is 12.3. The van der Waals surface area contributed by atoms with Crippen molar-refractivity contribution in [1.82, 2.24) is 4.90 Å². The third-order valence-electron chi connectivity index (χ3n) is 5.88. The normalized spacial score (nSPS) is 15.4. The SMILES string of the molecule is CCOc1ccc(CCC2CCN(CCC(=O)Nc3cccc(S(N)(=O)=O)c3)CC2)cc1. The molecular weight excluding hydrogens is 426 g/mol. The molecule has 0 radical (unpaired) electrons. The Morgan fingerprint density at radius 3 is 2.53 bits per heavy atom. The molecule has 1 aliphatic rings. The zero-order valence-corrected chi connectivity index (χ0v) is 19.4. The highest BCUT2D eigenvalue weighted by molar-refractivity contribution is 7.89. The lowest BCUT2D eigenvalue weighted by atomic mass is 9.90. The topological polar surface area (TPSA) is 102 Å². The Morgan fingerprint density at radius 2 is 1.88 bits per heavy atom. The van der Waals surface area contributed by atoms with Crippen molar-refractivity contribution in [2.45, 2.75) is 43.9 Å². The van der Waals surface area contributed by atoms with Crippen LogP contribution in [0.2, 0.25) is 0 Å². The molecule has 1 fully saturated rings. The molecule has 0 aliphatic carbocycles. The standard InChI is InChI=1S/C24H33N3O4S/c1-2-31-22-10-8-19(9-11-22)6-7-20-12-15-27(16-13-20)17-14-24(28)26-21-4-3-5-23(18-21)32(25,29)30/h3-5,8-11,18,20H,2,6-7,12-17H2,1H3,(H,26,28)(H2,25,29,30). The molecule has 1 heterocycles. The summed E-state index contributed by atoms with van der Waals surface area (Å²) in [5.74, 6) is 1.51. The van der Waals surface area contributed by atoms with Gasteiger partial charge in [0, 0.05) is 18.7 Å². The molecule has 1 amide bonds. The Morgan fingerprint density at radius 1 is 1.16 bits per heavy atom. The number of likely N-dealkylation sites (tertiary alicyclic amines) is 1. The van der Waals surface area contributed by atoms with Crippen LogP contribution in [-0.4, -0.2) is 45.5 Å². The summed E-state index contributed by atoms with van der Waals surface area (Å²) in [7, 11) is -3.79. The van der Waals surface area contributed by atoms with Crippen molar-refractivity contribution in [1.29, 1.82) is 0 Å². The fourth-order valence-electron chi connectivity index (χ4n) is 4.02. The molecule has 2 aromatic carbocycles. The monoisotopic (exact) mass is 459 g/mol. The fraction of sp³-hybridized carbons (Fsp3) is 0.458. The van der Waals surface area contributed by atoms with Crippen LogP contribution in [0, 0.1) is 5.92 Å². The van der Waals surface area contributed by atoms with Gasteiger partial charge in [-0.25, -0.2) is 13.6 Å². The molecular formula is C24H33N3O4S. The van der Waals surface area contributed by atoms with Gasteiger partial charge in [-0.05, 0) is 87.5 Å². The second-order valence-electron chi connectivity index (χ2n) is 8.27. The molecule has 1 aliphatic heterocycles. The van der Waals surface area contributed by atoms with Crippen LogP contribution in [0.5, 0.6) is 5.75 Å².